The first-order valence-corrected chi connectivity index (χ1v) is 6.55. The third-order valence-electron chi connectivity index (χ3n) is 3.15. The largest absolute Gasteiger partial charge is 0.489 e. The summed E-state index contributed by atoms with van der Waals surface area (Å²) in [5.74, 6) is 0.320. The van der Waals surface area contributed by atoms with Crippen LogP contribution in [0.25, 0.3) is 0 Å². The van der Waals surface area contributed by atoms with Crippen molar-refractivity contribution in [2.24, 2.45) is 5.92 Å². The van der Waals surface area contributed by atoms with E-state index in [0.717, 1.165) is 16.9 Å². The molecule has 0 spiro atoms. The minimum Gasteiger partial charge on any atom is -0.489 e. The highest BCUT2D eigenvalue weighted by molar-refractivity contribution is 5.29. The summed E-state index contributed by atoms with van der Waals surface area (Å²) in [4.78, 5) is 0. The molecule has 2 aromatic carbocycles. The summed E-state index contributed by atoms with van der Waals surface area (Å²) in [6.45, 7) is 2.21. The van der Waals surface area contributed by atoms with Gasteiger partial charge in [0.25, 0.3) is 0 Å². The molecule has 0 amide bonds. The van der Waals surface area contributed by atoms with E-state index in [1.54, 1.807) is 19.1 Å². The van der Waals surface area contributed by atoms with Crippen molar-refractivity contribution in [2.45, 2.75) is 19.6 Å². The molecule has 2 rings (SSSR count). The van der Waals surface area contributed by atoms with Gasteiger partial charge >= 0.3 is 0 Å². The molecule has 2 atom stereocenters. The van der Waals surface area contributed by atoms with Crippen LogP contribution in [0.4, 0.5) is 0 Å². The first-order chi connectivity index (χ1) is 9.70. The molecule has 3 heteroatoms. The number of aliphatic hydroxyl groups excluding tert-OH is 1. The van der Waals surface area contributed by atoms with Gasteiger partial charge < -0.3 is 9.84 Å². The molecule has 102 valence electrons. The molecular formula is C17H17NO2. The van der Waals surface area contributed by atoms with Gasteiger partial charge in [-0.05, 0) is 30.2 Å². The molecule has 2 aromatic rings. The average molecular weight is 267 g/mol. The Bertz CT molecular complexity index is 572. The molecule has 0 saturated carbocycles. The highest BCUT2D eigenvalue weighted by atomic mass is 16.5. The molecule has 0 aliphatic carbocycles. The SMILES string of the molecule is CC(C#N)C(O)c1ccc(OCc2ccccc2)cc1. The Hall–Kier alpha value is -2.31. The lowest BCUT2D eigenvalue weighted by Gasteiger charge is -2.13. The van der Waals surface area contributed by atoms with Gasteiger partial charge in [-0.3, -0.25) is 0 Å². The maximum Gasteiger partial charge on any atom is 0.119 e. The van der Waals surface area contributed by atoms with Gasteiger partial charge in [0.15, 0.2) is 0 Å². The van der Waals surface area contributed by atoms with Crippen LogP contribution < -0.4 is 4.74 Å². The van der Waals surface area contributed by atoms with Gasteiger partial charge in [-0.25, -0.2) is 0 Å². The molecule has 0 aromatic heterocycles. The van der Waals surface area contributed by atoms with Gasteiger partial charge in [0.05, 0.1) is 18.1 Å². The van der Waals surface area contributed by atoms with E-state index in [0.29, 0.717) is 6.61 Å². The van der Waals surface area contributed by atoms with E-state index in [1.165, 1.54) is 0 Å². The Morgan fingerprint density at radius 3 is 2.35 bits per heavy atom. The quantitative estimate of drug-likeness (QED) is 0.902. The maximum atomic E-state index is 9.92. The molecule has 0 fully saturated rings. The fourth-order valence-electron chi connectivity index (χ4n) is 1.86. The third-order valence-corrected chi connectivity index (χ3v) is 3.15. The standard InChI is InChI=1S/C17H17NO2/c1-13(11-18)17(19)15-7-9-16(10-8-15)20-12-14-5-3-2-4-6-14/h2-10,13,17,19H,12H2,1H3. The van der Waals surface area contributed by atoms with Crippen LogP contribution in [0.5, 0.6) is 5.75 Å². The smallest absolute Gasteiger partial charge is 0.119 e. The molecule has 0 saturated heterocycles. The highest BCUT2D eigenvalue weighted by Crippen LogP contribution is 2.23. The van der Waals surface area contributed by atoms with E-state index in [9.17, 15) is 5.11 Å². The molecule has 0 aliphatic heterocycles. The van der Waals surface area contributed by atoms with Crippen molar-refractivity contribution in [3.05, 3.63) is 65.7 Å². The Labute approximate surface area is 119 Å². The lowest BCUT2D eigenvalue weighted by Crippen LogP contribution is -2.06. The minimum atomic E-state index is -0.761. The van der Waals surface area contributed by atoms with Crippen molar-refractivity contribution in [3.8, 4) is 11.8 Å². The van der Waals surface area contributed by atoms with Gasteiger partial charge in [0.1, 0.15) is 12.4 Å². The van der Waals surface area contributed by atoms with E-state index in [1.807, 2.05) is 48.5 Å². The second kappa shape index (κ2) is 6.74. The number of benzene rings is 2. The first-order valence-electron chi connectivity index (χ1n) is 6.55. The van der Waals surface area contributed by atoms with Crippen LogP contribution in [0.3, 0.4) is 0 Å². The zero-order valence-corrected chi connectivity index (χ0v) is 11.4. The maximum absolute atomic E-state index is 9.92. The number of hydrogen-bond acceptors (Lipinski definition) is 3. The van der Waals surface area contributed by atoms with Crippen LogP contribution in [0.15, 0.2) is 54.6 Å². The Morgan fingerprint density at radius 1 is 1.10 bits per heavy atom. The second-order valence-corrected chi connectivity index (χ2v) is 4.71. The van der Waals surface area contributed by atoms with Crippen molar-refractivity contribution >= 4 is 0 Å². The molecule has 20 heavy (non-hydrogen) atoms. The highest BCUT2D eigenvalue weighted by Gasteiger charge is 2.15. The van der Waals surface area contributed by atoms with Gasteiger partial charge in [0, 0.05) is 0 Å². The number of nitriles is 1. The number of aliphatic hydroxyl groups is 1. The van der Waals surface area contributed by atoms with Gasteiger partial charge in [0.2, 0.25) is 0 Å². The average Bonchev–Trinajstić information content (AvgIpc) is 2.53. The summed E-state index contributed by atoms with van der Waals surface area (Å²) < 4.78 is 5.67. The van der Waals surface area contributed by atoms with E-state index in [2.05, 4.69) is 0 Å². The summed E-state index contributed by atoms with van der Waals surface area (Å²) in [5.41, 5.74) is 1.83. The lowest BCUT2D eigenvalue weighted by molar-refractivity contribution is 0.142. The predicted octanol–water partition coefficient (Wildman–Crippen LogP) is 3.46. The number of hydrogen-bond donors (Lipinski definition) is 1. The summed E-state index contributed by atoms with van der Waals surface area (Å²) in [6.07, 6.45) is -0.761. The normalized spacial score (nSPS) is 13.2. The number of ether oxygens (including phenoxy) is 1. The van der Waals surface area contributed by atoms with Crippen molar-refractivity contribution in [1.82, 2.24) is 0 Å². The van der Waals surface area contributed by atoms with Gasteiger partial charge in [-0.2, -0.15) is 5.26 Å². The Kier molecular flexibility index (Phi) is 4.75. The number of rotatable bonds is 5. The predicted molar refractivity (Wildman–Crippen MR) is 77.0 cm³/mol. The van der Waals surface area contributed by atoms with Crippen LogP contribution in [-0.2, 0) is 6.61 Å². The molecule has 0 aliphatic rings. The Balaban J connectivity index is 1.97. The topological polar surface area (TPSA) is 53.2 Å². The fraction of sp³-hybridized carbons (Fsp3) is 0.235. The first kappa shape index (κ1) is 14.1. The van der Waals surface area contributed by atoms with Crippen molar-refractivity contribution in [1.29, 1.82) is 5.26 Å². The summed E-state index contributed by atoms with van der Waals surface area (Å²) in [5, 5.41) is 18.7. The van der Waals surface area contributed by atoms with Crippen molar-refractivity contribution in [3.63, 3.8) is 0 Å². The molecule has 2 unspecified atom stereocenters. The summed E-state index contributed by atoms with van der Waals surface area (Å²) >= 11 is 0. The number of nitrogens with zero attached hydrogens (tertiary/aromatic N) is 1. The van der Waals surface area contributed by atoms with E-state index in [4.69, 9.17) is 10.00 Å². The molecule has 1 N–H and O–H groups in total. The van der Waals surface area contributed by atoms with E-state index in [-0.39, 0.29) is 0 Å². The van der Waals surface area contributed by atoms with E-state index < -0.39 is 12.0 Å². The van der Waals surface area contributed by atoms with Crippen LogP contribution in [0.2, 0.25) is 0 Å². The van der Waals surface area contributed by atoms with Crippen LogP contribution >= 0.6 is 0 Å². The molecule has 0 heterocycles. The third kappa shape index (κ3) is 3.59. The zero-order chi connectivity index (χ0) is 14.4. The molecular weight excluding hydrogens is 250 g/mol. The summed E-state index contributed by atoms with van der Waals surface area (Å²) in [7, 11) is 0. The fourth-order valence-corrected chi connectivity index (χ4v) is 1.86. The molecule has 0 bridgehead atoms. The van der Waals surface area contributed by atoms with Crippen LogP contribution in [0, 0.1) is 17.2 Å². The lowest BCUT2D eigenvalue weighted by atomic mass is 9.99. The minimum absolute atomic E-state index is 0.425. The summed E-state index contributed by atoms with van der Waals surface area (Å²) in [6, 6.07) is 19.2. The van der Waals surface area contributed by atoms with Gasteiger partial charge in [-0.1, -0.05) is 42.5 Å². The van der Waals surface area contributed by atoms with Gasteiger partial charge in [-0.15, -0.1) is 0 Å². The monoisotopic (exact) mass is 267 g/mol. The van der Waals surface area contributed by atoms with E-state index >= 15 is 0 Å². The van der Waals surface area contributed by atoms with Crippen molar-refractivity contribution < 1.29 is 9.84 Å². The molecule has 3 nitrogen and oxygen atoms in total. The van der Waals surface area contributed by atoms with Crippen molar-refractivity contribution in [2.75, 3.05) is 0 Å². The Morgan fingerprint density at radius 2 is 1.75 bits per heavy atom. The zero-order valence-electron chi connectivity index (χ0n) is 11.4. The van der Waals surface area contributed by atoms with Crippen LogP contribution in [0.1, 0.15) is 24.2 Å². The second-order valence-electron chi connectivity index (χ2n) is 4.71. The van der Waals surface area contributed by atoms with Crippen LogP contribution in [-0.4, -0.2) is 5.11 Å². The molecule has 0 radical (unpaired) electrons.